The summed E-state index contributed by atoms with van der Waals surface area (Å²) in [5.41, 5.74) is 6.21. The first-order valence-corrected chi connectivity index (χ1v) is 6.90. The molecular formula is C13H12N4O2S. The lowest BCUT2D eigenvalue weighted by molar-refractivity contribution is 0.667. The minimum atomic E-state index is -0.455. The Labute approximate surface area is 117 Å². The van der Waals surface area contributed by atoms with Crippen LogP contribution in [0.4, 0.5) is 5.13 Å². The molecule has 20 heavy (non-hydrogen) atoms. The van der Waals surface area contributed by atoms with E-state index < -0.39 is 11.2 Å². The van der Waals surface area contributed by atoms with Gasteiger partial charge in [0, 0.05) is 6.54 Å². The Morgan fingerprint density at radius 3 is 2.75 bits per heavy atom. The third kappa shape index (κ3) is 2.23. The van der Waals surface area contributed by atoms with Gasteiger partial charge in [0.1, 0.15) is 4.70 Å². The normalized spacial score (nSPS) is 11.0. The van der Waals surface area contributed by atoms with Crippen LogP contribution in [0.3, 0.4) is 0 Å². The second-order valence-corrected chi connectivity index (χ2v) is 5.38. The molecule has 0 unspecified atom stereocenters. The number of aryl methyl sites for hydroxylation is 2. The van der Waals surface area contributed by atoms with Crippen molar-refractivity contribution in [1.82, 2.24) is 14.5 Å². The van der Waals surface area contributed by atoms with E-state index in [0.29, 0.717) is 23.3 Å². The number of hydrogen-bond donors (Lipinski definition) is 2. The first kappa shape index (κ1) is 12.6. The van der Waals surface area contributed by atoms with Gasteiger partial charge in [0.2, 0.25) is 0 Å². The predicted octanol–water partition coefficient (Wildman–Crippen LogP) is 0.971. The molecule has 1 aromatic carbocycles. The summed E-state index contributed by atoms with van der Waals surface area (Å²) < 4.78 is 1.84. The van der Waals surface area contributed by atoms with Crippen LogP contribution >= 0.6 is 11.3 Å². The number of fused-ring (bicyclic) bond motifs is 1. The maximum absolute atomic E-state index is 11.9. The molecule has 0 aliphatic heterocycles. The second-order valence-electron chi connectivity index (χ2n) is 4.35. The van der Waals surface area contributed by atoms with Gasteiger partial charge in [-0.05, 0) is 12.0 Å². The van der Waals surface area contributed by atoms with Crippen molar-refractivity contribution in [1.29, 1.82) is 0 Å². The van der Waals surface area contributed by atoms with E-state index in [2.05, 4.69) is 9.97 Å². The van der Waals surface area contributed by atoms with Crippen LogP contribution in [0.15, 0.2) is 39.9 Å². The van der Waals surface area contributed by atoms with E-state index >= 15 is 0 Å². The zero-order valence-electron chi connectivity index (χ0n) is 10.5. The molecule has 0 fully saturated rings. The second kappa shape index (κ2) is 4.93. The topological polar surface area (TPSA) is 93.8 Å². The van der Waals surface area contributed by atoms with Gasteiger partial charge in [-0.15, -0.1) is 0 Å². The number of nitrogens with one attached hydrogen (secondary N) is 1. The van der Waals surface area contributed by atoms with Crippen LogP contribution in [0.1, 0.15) is 5.56 Å². The summed E-state index contributed by atoms with van der Waals surface area (Å²) in [6.07, 6.45) is 0.680. The third-order valence-corrected chi connectivity index (χ3v) is 3.89. The minimum absolute atomic E-state index is 0.282. The molecule has 7 heteroatoms. The highest BCUT2D eigenvalue weighted by Gasteiger charge is 2.12. The molecule has 0 spiro atoms. The van der Waals surface area contributed by atoms with E-state index in [4.69, 9.17) is 5.73 Å². The first-order valence-electron chi connectivity index (χ1n) is 6.08. The van der Waals surface area contributed by atoms with Crippen molar-refractivity contribution >= 4 is 26.8 Å². The van der Waals surface area contributed by atoms with Crippen molar-refractivity contribution in [2.24, 2.45) is 0 Å². The largest absolute Gasteiger partial charge is 0.375 e. The Morgan fingerprint density at radius 2 is 2.00 bits per heavy atom. The summed E-state index contributed by atoms with van der Waals surface area (Å²) in [4.78, 5) is 30.0. The van der Waals surface area contributed by atoms with Crippen molar-refractivity contribution in [3.8, 4) is 0 Å². The maximum Gasteiger partial charge on any atom is 0.330 e. The number of thiazole rings is 1. The molecule has 0 radical (unpaired) electrons. The average molecular weight is 288 g/mol. The van der Waals surface area contributed by atoms with E-state index in [0.717, 1.165) is 16.9 Å². The summed E-state index contributed by atoms with van der Waals surface area (Å²) in [7, 11) is 0. The molecule has 0 saturated carbocycles. The number of hydrogen-bond acceptors (Lipinski definition) is 5. The van der Waals surface area contributed by atoms with Gasteiger partial charge in [0.05, 0.1) is 0 Å². The summed E-state index contributed by atoms with van der Waals surface area (Å²) in [6, 6.07) is 9.81. The highest BCUT2D eigenvalue weighted by Crippen LogP contribution is 2.18. The van der Waals surface area contributed by atoms with Gasteiger partial charge in [-0.3, -0.25) is 14.3 Å². The molecular weight excluding hydrogens is 276 g/mol. The number of nitrogen functional groups attached to an aromatic ring is 1. The quantitative estimate of drug-likeness (QED) is 0.751. The molecule has 3 aromatic rings. The van der Waals surface area contributed by atoms with Crippen molar-refractivity contribution in [2.45, 2.75) is 13.0 Å². The fraction of sp³-hybridized carbons (Fsp3) is 0.154. The molecule has 0 bridgehead atoms. The minimum Gasteiger partial charge on any atom is -0.375 e. The van der Waals surface area contributed by atoms with E-state index in [1.54, 1.807) is 0 Å². The van der Waals surface area contributed by atoms with E-state index in [9.17, 15) is 9.59 Å². The molecule has 102 valence electrons. The Balaban J connectivity index is 2.03. The number of nitrogens with two attached hydrogens (primary N) is 1. The number of H-pyrrole nitrogens is 1. The number of rotatable bonds is 3. The zero-order valence-corrected chi connectivity index (χ0v) is 11.3. The van der Waals surface area contributed by atoms with Gasteiger partial charge in [-0.1, -0.05) is 41.7 Å². The molecule has 0 saturated heterocycles. The first-order chi connectivity index (χ1) is 9.65. The Kier molecular flexibility index (Phi) is 3.11. The van der Waals surface area contributed by atoms with Gasteiger partial charge in [0.25, 0.3) is 5.56 Å². The molecule has 0 aliphatic carbocycles. The van der Waals surface area contributed by atoms with Crippen LogP contribution in [0.25, 0.3) is 10.3 Å². The highest BCUT2D eigenvalue weighted by atomic mass is 32.1. The predicted molar refractivity (Wildman–Crippen MR) is 79.1 cm³/mol. The molecule has 0 aliphatic rings. The third-order valence-electron chi connectivity index (χ3n) is 3.02. The molecule has 2 heterocycles. The summed E-state index contributed by atoms with van der Waals surface area (Å²) in [5, 5.41) is 0.282. The number of anilines is 1. The standard InChI is InChI=1S/C13H12N4O2S/c14-12-15-10-9(20-12)11(18)16-13(19)17(10)7-6-8-4-2-1-3-5-8/h1-5H,6-7H2,(H2,14,15)(H,16,18,19). The smallest absolute Gasteiger partial charge is 0.330 e. The van der Waals surface area contributed by atoms with Gasteiger partial charge in [0.15, 0.2) is 10.8 Å². The fourth-order valence-corrected chi connectivity index (χ4v) is 2.80. The lowest BCUT2D eigenvalue weighted by Crippen LogP contribution is -2.30. The van der Waals surface area contributed by atoms with Crippen molar-refractivity contribution < 1.29 is 0 Å². The zero-order chi connectivity index (χ0) is 14.1. The number of aromatic nitrogens is 3. The summed E-state index contributed by atoms with van der Waals surface area (Å²) in [5.74, 6) is 0. The number of benzene rings is 1. The van der Waals surface area contributed by atoms with Crippen molar-refractivity contribution in [2.75, 3.05) is 5.73 Å². The number of aromatic amines is 1. The van der Waals surface area contributed by atoms with Gasteiger partial charge in [-0.2, -0.15) is 0 Å². The maximum atomic E-state index is 11.9. The van der Waals surface area contributed by atoms with Crippen molar-refractivity contribution in [3.05, 3.63) is 56.7 Å². The molecule has 3 N–H and O–H groups in total. The molecule has 6 nitrogen and oxygen atoms in total. The lowest BCUT2D eigenvalue weighted by Gasteiger charge is -2.05. The average Bonchev–Trinajstić information content (AvgIpc) is 2.82. The monoisotopic (exact) mass is 288 g/mol. The van der Waals surface area contributed by atoms with Crippen LogP contribution in [-0.4, -0.2) is 14.5 Å². The van der Waals surface area contributed by atoms with Gasteiger partial charge in [-0.25, -0.2) is 9.78 Å². The highest BCUT2D eigenvalue weighted by molar-refractivity contribution is 7.21. The van der Waals surface area contributed by atoms with Gasteiger partial charge >= 0.3 is 5.69 Å². The molecule has 0 atom stereocenters. The van der Waals surface area contributed by atoms with Crippen LogP contribution in [0.5, 0.6) is 0 Å². The van der Waals surface area contributed by atoms with Crippen LogP contribution in [-0.2, 0) is 13.0 Å². The van der Waals surface area contributed by atoms with E-state index in [1.165, 1.54) is 4.57 Å². The lowest BCUT2D eigenvalue weighted by atomic mass is 10.1. The summed E-state index contributed by atoms with van der Waals surface area (Å²) >= 11 is 1.09. The fourth-order valence-electron chi connectivity index (χ4n) is 2.07. The van der Waals surface area contributed by atoms with Crippen LogP contribution in [0.2, 0.25) is 0 Å². The molecule has 2 aromatic heterocycles. The van der Waals surface area contributed by atoms with E-state index in [1.807, 2.05) is 30.3 Å². The Hall–Kier alpha value is -2.41. The van der Waals surface area contributed by atoms with Crippen LogP contribution < -0.4 is 17.0 Å². The number of nitrogens with zero attached hydrogens (tertiary/aromatic N) is 2. The van der Waals surface area contributed by atoms with Crippen molar-refractivity contribution in [3.63, 3.8) is 0 Å². The van der Waals surface area contributed by atoms with E-state index in [-0.39, 0.29) is 5.13 Å². The van der Waals surface area contributed by atoms with Gasteiger partial charge < -0.3 is 5.73 Å². The Bertz CT molecular complexity index is 863. The van der Waals surface area contributed by atoms with Crippen LogP contribution in [0, 0.1) is 0 Å². The molecule has 0 amide bonds. The molecule has 3 rings (SSSR count). The summed E-state index contributed by atoms with van der Waals surface area (Å²) in [6.45, 7) is 0.444. The Morgan fingerprint density at radius 1 is 1.25 bits per heavy atom. The SMILES string of the molecule is Nc1nc2c(s1)c(=O)[nH]c(=O)n2CCc1ccccc1.